The van der Waals surface area contributed by atoms with E-state index >= 15 is 0 Å². The van der Waals surface area contributed by atoms with Gasteiger partial charge in [-0.1, -0.05) is 19.9 Å². The highest BCUT2D eigenvalue weighted by atomic mass is 16.5. The summed E-state index contributed by atoms with van der Waals surface area (Å²) in [5.74, 6) is 2.42. The molecule has 0 fully saturated rings. The van der Waals surface area contributed by atoms with Crippen molar-refractivity contribution in [1.29, 1.82) is 0 Å². The monoisotopic (exact) mass is 513 g/mol. The molecular formula is C28H31N7O3. The molecule has 4 aromatic rings. The number of benzene rings is 1. The molecule has 0 bridgehead atoms. The Morgan fingerprint density at radius 2 is 2.08 bits per heavy atom. The van der Waals surface area contributed by atoms with Gasteiger partial charge in [0.2, 0.25) is 0 Å². The minimum atomic E-state index is -1.10. The first-order valence-corrected chi connectivity index (χ1v) is 12.9. The SMILES string of the molecule is C[C@H](NC(=O)O)c1nc2ncc(-c3ccc4c(c3)CN(c3ncnc5c3CC(C)(C)CC5)CCO4)cc2[nH]1. The second-order valence-corrected chi connectivity index (χ2v) is 10.9. The van der Waals surface area contributed by atoms with Crippen molar-refractivity contribution >= 4 is 23.1 Å². The number of aromatic amines is 1. The van der Waals surface area contributed by atoms with Gasteiger partial charge in [0.15, 0.2) is 5.65 Å². The number of fused-ring (bicyclic) bond motifs is 3. The molecule has 1 amide bonds. The molecule has 6 rings (SSSR count). The van der Waals surface area contributed by atoms with Gasteiger partial charge >= 0.3 is 6.09 Å². The van der Waals surface area contributed by atoms with Gasteiger partial charge in [0.05, 0.1) is 18.1 Å². The molecule has 0 saturated carbocycles. The van der Waals surface area contributed by atoms with Gasteiger partial charge in [-0.3, -0.25) is 0 Å². The lowest BCUT2D eigenvalue weighted by Crippen LogP contribution is -2.31. The minimum absolute atomic E-state index is 0.236. The molecule has 1 aromatic carbocycles. The number of rotatable bonds is 4. The van der Waals surface area contributed by atoms with Crippen molar-refractivity contribution in [3.8, 4) is 16.9 Å². The summed E-state index contributed by atoms with van der Waals surface area (Å²) in [7, 11) is 0. The molecule has 0 unspecified atom stereocenters. The quantitative estimate of drug-likeness (QED) is 0.359. The molecule has 10 heteroatoms. The van der Waals surface area contributed by atoms with E-state index in [1.54, 1.807) is 19.4 Å². The highest BCUT2D eigenvalue weighted by Gasteiger charge is 2.30. The number of amides is 1. The van der Waals surface area contributed by atoms with Crippen LogP contribution in [0.25, 0.3) is 22.3 Å². The van der Waals surface area contributed by atoms with Gasteiger partial charge in [0.1, 0.15) is 30.3 Å². The predicted molar refractivity (Wildman–Crippen MR) is 143 cm³/mol. The fourth-order valence-electron chi connectivity index (χ4n) is 5.42. The van der Waals surface area contributed by atoms with Gasteiger partial charge in [-0.25, -0.2) is 24.7 Å². The van der Waals surface area contributed by atoms with E-state index in [1.807, 2.05) is 18.2 Å². The third-order valence-corrected chi connectivity index (χ3v) is 7.48. The van der Waals surface area contributed by atoms with Crippen LogP contribution in [0.5, 0.6) is 5.75 Å². The normalized spacial score (nSPS) is 17.2. The summed E-state index contributed by atoms with van der Waals surface area (Å²) < 4.78 is 6.14. The van der Waals surface area contributed by atoms with Gasteiger partial charge in [-0.2, -0.15) is 0 Å². The number of hydrogen-bond donors (Lipinski definition) is 3. The van der Waals surface area contributed by atoms with Gasteiger partial charge in [-0.05, 0) is 55.4 Å². The topological polar surface area (TPSA) is 129 Å². The van der Waals surface area contributed by atoms with Crippen LogP contribution in [0.15, 0.2) is 36.8 Å². The van der Waals surface area contributed by atoms with Crippen LogP contribution < -0.4 is 15.0 Å². The third-order valence-electron chi connectivity index (χ3n) is 7.48. The number of aromatic nitrogens is 5. The Balaban J connectivity index is 1.31. The van der Waals surface area contributed by atoms with Crippen LogP contribution in [0, 0.1) is 5.41 Å². The summed E-state index contributed by atoms with van der Waals surface area (Å²) in [6.45, 7) is 8.39. The highest BCUT2D eigenvalue weighted by molar-refractivity contribution is 5.79. The van der Waals surface area contributed by atoms with Crippen LogP contribution >= 0.6 is 0 Å². The van der Waals surface area contributed by atoms with Crippen LogP contribution in [0.3, 0.4) is 0 Å². The number of nitrogens with one attached hydrogen (secondary N) is 2. The lowest BCUT2D eigenvalue weighted by Gasteiger charge is -2.33. The first-order valence-electron chi connectivity index (χ1n) is 12.9. The van der Waals surface area contributed by atoms with E-state index in [2.05, 4.69) is 50.1 Å². The van der Waals surface area contributed by atoms with E-state index in [-0.39, 0.29) is 5.41 Å². The van der Waals surface area contributed by atoms with Gasteiger partial charge in [0.25, 0.3) is 0 Å². The maximum Gasteiger partial charge on any atom is 0.405 e. The number of aryl methyl sites for hydroxylation is 1. The third kappa shape index (κ3) is 4.62. The summed E-state index contributed by atoms with van der Waals surface area (Å²) in [6.07, 6.45) is 5.49. The van der Waals surface area contributed by atoms with Crippen LogP contribution in [0.4, 0.5) is 10.6 Å². The Hall–Kier alpha value is -4.21. The van der Waals surface area contributed by atoms with Crippen LogP contribution in [0.1, 0.15) is 55.9 Å². The summed E-state index contributed by atoms with van der Waals surface area (Å²) in [6, 6.07) is 7.73. The summed E-state index contributed by atoms with van der Waals surface area (Å²) in [4.78, 5) is 34.8. The van der Waals surface area contributed by atoms with Crippen molar-refractivity contribution in [2.24, 2.45) is 5.41 Å². The van der Waals surface area contributed by atoms with Crippen molar-refractivity contribution in [2.75, 3.05) is 18.1 Å². The standard InChI is InChI=1S/C28H31N7O3/c1-16(32-27(36)37)24-33-22-11-18(13-29-25(22)34-24)17-4-5-23-19(10-17)14-35(8-9-38-23)26-20-12-28(2,3)7-6-21(20)30-15-31-26/h4-5,10-11,13,15-16,32H,6-9,12,14H2,1-3H3,(H,36,37)(H,29,33,34)/t16-/m0/s1. The van der Waals surface area contributed by atoms with Crippen molar-refractivity contribution in [3.63, 3.8) is 0 Å². The van der Waals surface area contributed by atoms with E-state index in [1.165, 1.54) is 11.3 Å². The Bertz CT molecular complexity index is 1530. The fourth-order valence-corrected chi connectivity index (χ4v) is 5.42. The number of H-pyrrole nitrogens is 1. The number of nitrogens with zero attached hydrogens (tertiary/aromatic N) is 5. The second-order valence-electron chi connectivity index (χ2n) is 10.9. The molecule has 38 heavy (non-hydrogen) atoms. The molecule has 3 aromatic heterocycles. The number of ether oxygens (including phenoxy) is 1. The average Bonchev–Trinajstić information content (AvgIpc) is 3.20. The largest absolute Gasteiger partial charge is 0.491 e. The Morgan fingerprint density at radius 3 is 2.92 bits per heavy atom. The lowest BCUT2D eigenvalue weighted by atomic mass is 9.76. The van der Waals surface area contributed by atoms with Gasteiger partial charge < -0.3 is 25.0 Å². The lowest BCUT2D eigenvalue weighted by molar-refractivity contribution is 0.190. The van der Waals surface area contributed by atoms with Crippen LogP contribution in [0.2, 0.25) is 0 Å². The van der Waals surface area contributed by atoms with E-state index in [0.717, 1.165) is 59.6 Å². The smallest absolute Gasteiger partial charge is 0.405 e. The Morgan fingerprint density at radius 1 is 1.21 bits per heavy atom. The molecule has 0 spiro atoms. The van der Waals surface area contributed by atoms with E-state index in [4.69, 9.17) is 14.8 Å². The number of hydrogen-bond acceptors (Lipinski definition) is 7. The van der Waals surface area contributed by atoms with Crippen molar-refractivity contribution in [3.05, 3.63) is 59.4 Å². The summed E-state index contributed by atoms with van der Waals surface area (Å²) >= 11 is 0. The molecule has 196 valence electrons. The average molecular weight is 514 g/mol. The predicted octanol–water partition coefficient (Wildman–Crippen LogP) is 4.66. The maximum atomic E-state index is 11.0. The van der Waals surface area contributed by atoms with Gasteiger partial charge in [-0.15, -0.1) is 0 Å². The molecule has 2 aliphatic rings. The van der Waals surface area contributed by atoms with E-state index in [9.17, 15) is 4.79 Å². The molecule has 1 aliphatic heterocycles. The van der Waals surface area contributed by atoms with E-state index < -0.39 is 12.1 Å². The maximum absolute atomic E-state index is 11.0. The fraction of sp³-hybridized carbons (Fsp3) is 0.393. The van der Waals surface area contributed by atoms with Crippen LogP contribution in [-0.4, -0.2) is 49.3 Å². The molecule has 4 heterocycles. The van der Waals surface area contributed by atoms with E-state index in [0.29, 0.717) is 24.6 Å². The number of anilines is 1. The molecule has 1 atom stereocenters. The Kier molecular flexibility index (Phi) is 5.89. The zero-order valence-corrected chi connectivity index (χ0v) is 21.8. The molecular weight excluding hydrogens is 482 g/mol. The molecule has 1 aliphatic carbocycles. The first-order chi connectivity index (χ1) is 18.3. The zero-order valence-electron chi connectivity index (χ0n) is 21.8. The van der Waals surface area contributed by atoms with Crippen LogP contribution in [-0.2, 0) is 19.4 Å². The number of carbonyl (C=O) groups is 1. The summed E-state index contributed by atoms with van der Waals surface area (Å²) in [5.41, 5.74) is 7.00. The number of pyridine rings is 1. The number of imidazole rings is 1. The molecule has 3 N–H and O–H groups in total. The summed E-state index contributed by atoms with van der Waals surface area (Å²) in [5, 5.41) is 11.4. The first kappa shape index (κ1) is 24.1. The van der Waals surface area contributed by atoms with Gasteiger partial charge in [0, 0.05) is 35.1 Å². The minimum Gasteiger partial charge on any atom is -0.491 e. The second kappa shape index (κ2) is 9.27. The van der Waals surface area contributed by atoms with Crippen molar-refractivity contribution in [2.45, 2.75) is 52.6 Å². The Labute approximate surface area is 220 Å². The molecule has 0 radical (unpaired) electrons. The zero-order chi connectivity index (χ0) is 26.4. The molecule has 10 nitrogen and oxygen atoms in total. The van der Waals surface area contributed by atoms with Crippen molar-refractivity contribution in [1.82, 2.24) is 30.2 Å². The molecule has 0 saturated heterocycles. The number of carboxylic acid groups (broad SMARTS) is 1. The van der Waals surface area contributed by atoms with Crippen molar-refractivity contribution < 1.29 is 14.6 Å². The highest BCUT2D eigenvalue weighted by Crippen LogP contribution is 2.39.